The van der Waals surface area contributed by atoms with Gasteiger partial charge in [-0.1, -0.05) is 24.3 Å². The minimum Gasteiger partial charge on any atom is -0.357 e. The average molecular weight is 434 g/mol. The van der Waals surface area contributed by atoms with Crippen LogP contribution in [0.4, 0.5) is 0 Å². The largest absolute Gasteiger partial charge is 0.357 e. The smallest absolute Gasteiger partial charge is 0.233 e. The summed E-state index contributed by atoms with van der Waals surface area (Å²) in [5, 5.41) is 10.6. The number of likely N-dealkylation sites (tertiary alicyclic amines) is 1. The second-order valence-corrected chi connectivity index (χ2v) is 8.46. The molecule has 4 atom stereocenters. The molecule has 2 bridgehead atoms. The summed E-state index contributed by atoms with van der Waals surface area (Å²) in [5.74, 6) is 0.860. The van der Waals surface area contributed by atoms with Gasteiger partial charge in [0.1, 0.15) is 12.7 Å². The van der Waals surface area contributed by atoms with Gasteiger partial charge in [-0.05, 0) is 42.9 Å². The fourth-order valence-corrected chi connectivity index (χ4v) is 5.08. The van der Waals surface area contributed by atoms with E-state index in [1.165, 1.54) is 11.2 Å². The lowest BCUT2D eigenvalue weighted by atomic mass is 9.85. The molecule has 2 heterocycles. The lowest BCUT2D eigenvalue weighted by Crippen LogP contribution is -2.43. The van der Waals surface area contributed by atoms with Crippen molar-refractivity contribution in [2.45, 2.75) is 19.9 Å². The molecular weight excluding hydrogens is 406 g/mol. The molecule has 0 spiro atoms. The first-order valence-corrected chi connectivity index (χ1v) is 11.2. The molecule has 0 radical (unpaired) electrons. The van der Waals surface area contributed by atoms with Crippen LogP contribution in [0.3, 0.4) is 0 Å². The zero-order chi connectivity index (χ0) is 22.1. The third-order valence-corrected chi connectivity index (χ3v) is 6.57. The summed E-state index contributed by atoms with van der Waals surface area (Å²) in [6, 6.07) is 7.96. The van der Waals surface area contributed by atoms with Crippen LogP contribution >= 0.6 is 0 Å². The number of carbonyl (C=O) groups excluding carboxylic acids is 2. The first kappa shape index (κ1) is 20.4. The van der Waals surface area contributed by atoms with Crippen LogP contribution in [0.25, 0.3) is 5.69 Å². The van der Waals surface area contributed by atoms with Crippen molar-refractivity contribution in [1.29, 1.82) is 0 Å². The molecule has 2 amide bonds. The van der Waals surface area contributed by atoms with Gasteiger partial charge in [-0.3, -0.25) is 14.5 Å². The Morgan fingerprint density at radius 2 is 1.81 bits per heavy atom. The van der Waals surface area contributed by atoms with Gasteiger partial charge in [0.05, 0.1) is 24.1 Å². The number of aromatic nitrogens is 3. The standard InChI is InChI=1S/C23H27N7O2/c1-2-25-23(27-12-15-3-7-18(8-4-15)30-14-24-13-28-30)26-9-10-29-21(31)19-16-5-6-17(11-16)20(19)22(29)32/h3-8,13-14,16-17,19-20H,2,9-12H2,1H3,(H2,25,26,27). The molecule has 1 saturated carbocycles. The van der Waals surface area contributed by atoms with E-state index >= 15 is 0 Å². The Hall–Kier alpha value is -3.49. The minimum atomic E-state index is -0.139. The lowest BCUT2D eigenvalue weighted by Gasteiger charge is -2.18. The van der Waals surface area contributed by atoms with Crippen molar-refractivity contribution in [3.63, 3.8) is 0 Å². The number of nitrogens with zero attached hydrogens (tertiary/aromatic N) is 5. The third-order valence-electron chi connectivity index (χ3n) is 6.57. The molecule has 9 heteroatoms. The van der Waals surface area contributed by atoms with Crippen LogP contribution in [0, 0.1) is 23.7 Å². The maximum absolute atomic E-state index is 12.8. The molecule has 3 aliphatic rings. The highest BCUT2D eigenvalue weighted by Gasteiger charge is 2.58. The summed E-state index contributed by atoms with van der Waals surface area (Å²) >= 11 is 0. The van der Waals surface area contributed by atoms with Crippen LogP contribution in [0.5, 0.6) is 0 Å². The molecule has 4 unspecified atom stereocenters. The van der Waals surface area contributed by atoms with Crippen molar-refractivity contribution in [2.75, 3.05) is 19.6 Å². The summed E-state index contributed by atoms with van der Waals surface area (Å²) in [4.78, 5) is 35.6. The number of allylic oxidation sites excluding steroid dienone is 2. The molecule has 2 fully saturated rings. The Kier molecular flexibility index (Phi) is 5.46. The summed E-state index contributed by atoms with van der Waals surface area (Å²) in [7, 11) is 0. The van der Waals surface area contributed by atoms with Gasteiger partial charge >= 0.3 is 0 Å². The van der Waals surface area contributed by atoms with Crippen molar-refractivity contribution in [3.8, 4) is 5.69 Å². The highest BCUT2D eigenvalue weighted by Crippen LogP contribution is 2.52. The average Bonchev–Trinajstić information content (AvgIpc) is 3.59. The number of amides is 2. The van der Waals surface area contributed by atoms with Gasteiger partial charge in [0.15, 0.2) is 5.96 Å². The first-order chi connectivity index (χ1) is 15.7. The zero-order valence-electron chi connectivity index (χ0n) is 18.0. The molecule has 2 aliphatic carbocycles. The van der Waals surface area contributed by atoms with E-state index in [0.29, 0.717) is 25.6 Å². The van der Waals surface area contributed by atoms with Crippen LogP contribution in [0.1, 0.15) is 18.9 Å². The van der Waals surface area contributed by atoms with E-state index in [9.17, 15) is 9.59 Å². The van der Waals surface area contributed by atoms with Gasteiger partial charge in [-0.25, -0.2) is 14.7 Å². The highest BCUT2D eigenvalue weighted by molar-refractivity contribution is 6.06. The van der Waals surface area contributed by atoms with Crippen LogP contribution in [0.15, 0.2) is 54.1 Å². The quantitative estimate of drug-likeness (QED) is 0.294. The van der Waals surface area contributed by atoms with Crippen LogP contribution < -0.4 is 10.6 Å². The molecule has 9 nitrogen and oxygen atoms in total. The van der Waals surface area contributed by atoms with Crippen molar-refractivity contribution < 1.29 is 9.59 Å². The molecule has 1 saturated heterocycles. The number of rotatable bonds is 7. The van der Waals surface area contributed by atoms with Gasteiger partial charge in [0.25, 0.3) is 0 Å². The number of fused-ring (bicyclic) bond motifs is 5. The number of benzene rings is 1. The summed E-state index contributed by atoms with van der Waals surface area (Å²) < 4.78 is 1.70. The lowest BCUT2D eigenvalue weighted by molar-refractivity contribution is -0.140. The van der Waals surface area contributed by atoms with Gasteiger partial charge in [0.2, 0.25) is 11.8 Å². The van der Waals surface area contributed by atoms with Crippen LogP contribution in [0.2, 0.25) is 0 Å². The van der Waals surface area contributed by atoms with E-state index < -0.39 is 0 Å². The van der Waals surface area contributed by atoms with Gasteiger partial charge in [0, 0.05) is 19.6 Å². The number of guanidine groups is 1. The molecule has 5 rings (SSSR count). The number of carbonyl (C=O) groups is 2. The van der Waals surface area contributed by atoms with E-state index in [4.69, 9.17) is 0 Å². The molecule has 2 N–H and O–H groups in total. The van der Waals surface area contributed by atoms with Crippen molar-refractivity contribution in [1.82, 2.24) is 30.3 Å². The van der Waals surface area contributed by atoms with Gasteiger partial charge in [-0.2, -0.15) is 5.10 Å². The number of nitrogens with one attached hydrogen (secondary N) is 2. The molecule has 166 valence electrons. The number of hydrogen-bond donors (Lipinski definition) is 2. The Labute approximate surface area is 186 Å². The fourth-order valence-electron chi connectivity index (χ4n) is 5.08. The highest BCUT2D eigenvalue weighted by atomic mass is 16.2. The van der Waals surface area contributed by atoms with E-state index in [0.717, 1.165) is 24.2 Å². The topological polar surface area (TPSA) is 105 Å². The summed E-state index contributed by atoms with van der Waals surface area (Å²) in [5.41, 5.74) is 2.00. The first-order valence-electron chi connectivity index (χ1n) is 11.2. The second-order valence-electron chi connectivity index (χ2n) is 8.46. The van der Waals surface area contributed by atoms with E-state index in [1.807, 2.05) is 31.2 Å². The van der Waals surface area contributed by atoms with Crippen LogP contribution in [-0.4, -0.2) is 57.1 Å². The predicted molar refractivity (Wildman–Crippen MR) is 119 cm³/mol. The monoisotopic (exact) mass is 433 g/mol. The van der Waals surface area contributed by atoms with E-state index in [1.54, 1.807) is 11.0 Å². The summed E-state index contributed by atoms with van der Waals surface area (Å²) in [6.07, 6.45) is 8.35. The van der Waals surface area contributed by atoms with Crippen molar-refractivity contribution >= 4 is 17.8 Å². The Morgan fingerprint density at radius 1 is 1.09 bits per heavy atom. The predicted octanol–water partition coefficient (Wildman–Crippen LogP) is 1.13. The minimum absolute atomic E-state index is 0.00642. The maximum atomic E-state index is 12.8. The molecule has 1 aromatic heterocycles. The maximum Gasteiger partial charge on any atom is 0.233 e. The van der Waals surface area contributed by atoms with E-state index in [2.05, 4.69) is 37.9 Å². The normalized spacial score (nSPS) is 26.2. The van der Waals surface area contributed by atoms with Crippen molar-refractivity contribution in [2.24, 2.45) is 28.7 Å². The molecule has 2 aromatic rings. The fraction of sp³-hybridized carbons (Fsp3) is 0.435. The summed E-state index contributed by atoms with van der Waals surface area (Å²) in [6.45, 7) is 4.06. The molecule has 1 aromatic carbocycles. The third kappa shape index (κ3) is 3.68. The Balaban J connectivity index is 1.16. The van der Waals surface area contributed by atoms with Gasteiger partial charge < -0.3 is 10.6 Å². The van der Waals surface area contributed by atoms with E-state index in [-0.39, 0.29) is 35.5 Å². The Bertz CT molecular complexity index is 1010. The Morgan fingerprint density at radius 3 is 2.44 bits per heavy atom. The van der Waals surface area contributed by atoms with Crippen LogP contribution in [-0.2, 0) is 16.1 Å². The molecule has 32 heavy (non-hydrogen) atoms. The number of aliphatic imine (C=N–C) groups is 1. The van der Waals surface area contributed by atoms with Crippen molar-refractivity contribution in [3.05, 3.63) is 54.6 Å². The van der Waals surface area contributed by atoms with Gasteiger partial charge in [-0.15, -0.1) is 0 Å². The second kappa shape index (κ2) is 8.57. The molecule has 1 aliphatic heterocycles. The molecular formula is C23H27N7O2. The zero-order valence-corrected chi connectivity index (χ0v) is 18.0. The number of hydrogen-bond acceptors (Lipinski definition) is 5. The number of imide groups is 1. The SMILES string of the molecule is CCNC(=NCc1ccc(-n2cncn2)cc1)NCCN1C(=O)C2C3C=CC(C3)C2C1=O.